The van der Waals surface area contributed by atoms with Crippen LogP contribution in [0.1, 0.15) is 25.7 Å². The lowest BCUT2D eigenvalue weighted by molar-refractivity contribution is 0.0188. The van der Waals surface area contributed by atoms with E-state index in [1.54, 1.807) is 25.5 Å². The molecule has 0 aromatic carbocycles. The van der Waals surface area contributed by atoms with Crippen molar-refractivity contribution < 1.29 is 13.2 Å². The molecule has 0 aromatic heterocycles. The van der Waals surface area contributed by atoms with E-state index < -0.39 is 10.2 Å². The Balaban J connectivity index is 1.83. The lowest BCUT2D eigenvalue weighted by Gasteiger charge is -2.41. The summed E-state index contributed by atoms with van der Waals surface area (Å²) in [6.45, 7) is 3.41. The second-order valence-electron chi connectivity index (χ2n) is 5.89. The van der Waals surface area contributed by atoms with E-state index in [0.717, 1.165) is 38.8 Å². The summed E-state index contributed by atoms with van der Waals surface area (Å²) >= 11 is 0. The zero-order valence-electron chi connectivity index (χ0n) is 12.8. The maximum Gasteiger partial charge on any atom is 0.281 e. The number of rotatable bonds is 4. The highest BCUT2D eigenvalue weighted by Gasteiger charge is 2.33. The van der Waals surface area contributed by atoms with Crippen LogP contribution in [0.3, 0.4) is 0 Å². The number of piperidine rings is 2. The van der Waals surface area contributed by atoms with E-state index in [1.807, 2.05) is 0 Å². The third kappa shape index (κ3) is 3.51. The summed E-state index contributed by atoms with van der Waals surface area (Å²) in [7, 11) is 1.73. The van der Waals surface area contributed by atoms with Gasteiger partial charge in [-0.05, 0) is 25.7 Å². The van der Waals surface area contributed by atoms with Gasteiger partial charge in [-0.2, -0.15) is 17.0 Å². The smallest absolute Gasteiger partial charge is 0.281 e. The molecule has 20 heavy (non-hydrogen) atoms. The molecule has 0 spiro atoms. The van der Waals surface area contributed by atoms with Crippen LogP contribution in [-0.4, -0.2) is 81.5 Å². The van der Waals surface area contributed by atoms with Gasteiger partial charge in [-0.25, -0.2) is 0 Å². The van der Waals surface area contributed by atoms with Gasteiger partial charge in [0, 0.05) is 53.4 Å². The number of hydrogen-bond donors (Lipinski definition) is 0. The molecule has 7 heteroatoms. The quantitative estimate of drug-likeness (QED) is 0.753. The van der Waals surface area contributed by atoms with E-state index in [1.165, 1.54) is 4.31 Å². The van der Waals surface area contributed by atoms with Gasteiger partial charge in [0.1, 0.15) is 0 Å². The molecule has 2 aliphatic rings. The number of ether oxygens (including phenoxy) is 1. The summed E-state index contributed by atoms with van der Waals surface area (Å²) in [5.41, 5.74) is 0. The Morgan fingerprint density at radius 1 is 1.00 bits per heavy atom. The number of likely N-dealkylation sites (tertiary alicyclic amines) is 1. The van der Waals surface area contributed by atoms with Gasteiger partial charge in [0.05, 0.1) is 6.10 Å². The molecule has 2 rings (SSSR count). The van der Waals surface area contributed by atoms with E-state index >= 15 is 0 Å². The molecular weight excluding hydrogens is 278 g/mol. The first kappa shape index (κ1) is 16.2. The first-order valence-corrected chi connectivity index (χ1v) is 8.79. The zero-order valence-corrected chi connectivity index (χ0v) is 13.6. The molecule has 0 aliphatic carbocycles. The van der Waals surface area contributed by atoms with Gasteiger partial charge in [-0.1, -0.05) is 0 Å². The fourth-order valence-corrected chi connectivity index (χ4v) is 4.28. The van der Waals surface area contributed by atoms with Gasteiger partial charge in [-0.3, -0.25) is 0 Å². The van der Waals surface area contributed by atoms with Crippen molar-refractivity contribution in [2.24, 2.45) is 0 Å². The van der Waals surface area contributed by atoms with Gasteiger partial charge in [-0.15, -0.1) is 0 Å². The Morgan fingerprint density at radius 2 is 1.55 bits per heavy atom. The SMILES string of the molecule is COC1CCN(C2CCN(S(=O)(=O)N(C)C)CC2)CC1. The molecule has 0 saturated carbocycles. The number of nitrogens with zero attached hydrogens (tertiary/aromatic N) is 3. The van der Waals surface area contributed by atoms with Crippen molar-refractivity contribution in [3.63, 3.8) is 0 Å². The fraction of sp³-hybridized carbons (Fsp3) is 1.00. The van der Waals surface area contributed by atoms with Crippen molar-refractivity contribution >= 4 is 10.2 Å². The minimum atomic E-state index is -3.24. The Morgan fingerprint density at radius 3 is 2.00 bits per heavy atom. The highest BCUT2D eigenvalue weighted by atomic mass is 32.2. The summed E-state index contributed by atoms with van der Waals surface area (Å²) in [5.74, 6) is 0. The predicted octanol–water partition coefficient (Wildman–Crippen LogP) is 0.368. The third-order valence-corrected chi connectivity index (χ3v) is 6.48. The molecule has 6 nitrogen and oxygen atoms in total. The summed E-state index contributed by atoms with van der Waals surface area (Å²) in [6.07, 6.45) is 4.45. The van der Waals surface area contributed by atoms with Crippen LogP contribution < -0.4 is 0 Å². The van der Waals surface area contributed by atoms with Crippen LogP contribution in [0.15, 0.2) is 0 Å². The lowest BCUT2D eigenvalue weighted by atomic mass is 10.00. The van der Waals surface area contributed by atoms with E-state index in [9.17, 15) is 8.42 Å². The molecule has 0 amide bonds. The van der Waals surface area contributed by atoms with Crippen molar-refractivity contribution in [1.82, 2.24) is 13.5 Å². The minimum Gasteiger partial charge on any atom is -0.381 e. The predicted molar refractivity (Wildman–Crippen MR) is 78.8 cm³/mol. The molecule has 0 aromatic rings. The molecule has 0 bridgehead atoms. The van der Waals surface area contributed by atoms with Crippen LogP contribution in [0.2, 0.25) is 0 Å². The molecular formula is C13H27N3O3S. The summed E-state index contributed by atoms with van der Waals surface area (Å²) in [6, 6.07) is 0.529. The number of hydrogen-bond acceptors (Lipinski definition) is 4. The maximum atomic E-state index is 12.1. The number of methoxy groups -OCH3 is 1. The average molecular weight is 305 g/mol. The van der Waals surface area contributed by atoms with Crippen molar-refractivity contribution in [3.8, 4) is 0 Å². The van der Waals surface area contributed by atoms with E-state index in [0.29, 0.717) is 25.2 Å². The molecule has 2 fully saturated rings. The Labute approximate surface area is 122 Å². The normalized spacial score (nSPS) is 25.4. The molecule has 2 aliphatic heterocycles. The highest BCUT2D eigenvalue weighted by molar-refractivity contribution is 7.86. The zero-order chi connectivity index (χ0) is 14.8. The minimum absolute atomic E-state index is 0.403. The van der Waals surface area contributed by atoms with Crippen LogP contribution in [0.4, 0.5) is 0 Å². The van der Waals surface area contributed by atoms with Crippen LogP contribution in [0, 0.1) is 0 Å². The largest absolute Gasteiger partial charge is 0.381 e. The van der Waals surface area contributed by atoms with Crippen LogP contribution in [-0.2, 0) is 14.9 Å². The fourth-order valence-electron chi connectivity index (χ4n) is 3.15. The Kier molecular flexibility index (Phi) is 5.42. The summed E-state index contributed by atoms with van der Waals surface area (Å²) < 4.78 is 32.4. The summed E-state index contributed by atoms with van der Waals surface area (Å²) in [4.78, 5) is 2.51. The first-order valence-electron chi connectivity index (χ1n) is 7.39. The standard InChI is InChI=1S/C13H27N3O3S/c1-14(2)20(17,18)16-10-4-12(5-11-16)15-8-6-13(19-3)7-9-15/h12-13H,4-11H2,1-3H3. The van der Waals surface area contributed by atoms with Gasteiger partial charge >= 0.3 is 0 Å². The van der Waals surface area contributed by atoms with E-state index in [2.05, 4.69) is 4.90 Å². The molecule has 0 radical (unpaired) electrons. The lowest BCUT2D eigenvalue weighted by Crippen LogP contribution is -2.51. The van der Waals surface area contributed by atoms with Crippen molar-refractivity contribution in [2.45, 2.75) is 37.8 Å². The highest BCUT2D eigenvalue weighted by Crippen LogP contribution is 2.23. The second kappa shape index (κ2) is 6.70. The third-order valence-electron chi connectivity index (χ3n) is 4.54. The maximum absolute atomic E-state index is 12.1. The van der Waals surface area contributed by atoms with Crippen LogP contribution in [0.5, 0.6) is 0 Å². The van der Waals surface area contributed by atoms with E-state index in [4.69, 9.17) is 4.74 Å². The molecule has 2 saturated heterocycles. The molecule has 0 N–H and O–H groups in total. The van der Waals surface area contributed by atoms with E-state index in [-0.39, 0.29) is 0 Å². The summed E-state index contributed by atoms with van der Waals surface area (Å²) in [5, 5.41) is 0. The van der Waals surface area contributed by atoms with Gasteiger partial charge in [0.2, 0.25) is 0 Å². The van der Waals surface area contributed by atoms with Gasteiger partial charge in [0.25, 0.3) is 10.2 Å². The second-order valence-corrected chi connectivity index (χ2v) is 8.03. The Hall–Kier alpha value is -0.210. The average Bonchev–Trinajstić information content (AvgIpc) is 2.47. The van der Waals surface area contributed by atoms with Crippen LogP contribution in [0.25, 0.3) is 0 Å². The van der Waals surface area contributed by atoms with Crippen molar-refractivity contribution in [2.75, 3.05) is 47.4 Å². The molecule has 0 atom stereocenters. The topological polar surface area (TPSA) is 53.1 Å². The van der Waals surface area contributed by atoms with Crippen molar-refractivity contribution in [1.29, 1.82) is 0 Å². The van der Waals surface area contributed by atoms with Gasteiger partial charge in [0.15, 0.2) is 0 Å². The van der Waals surface area contributed by atoms with Gasteiger partial charge < -0.3 is 9.64 Å². The van der Waals surface area contributed by atoms with Crippen molar-refractivity contribution in [3.05, 3.63) is 0 Å². The first-order chi connectivity index (χ1) is 9.45. The van der Waals surface area contributed by atoms with Crippen LogP contribution >= 0.6 is 0 Å². The molecule has 0 unspecified atom stereocenters. The molecule has 2 heterocycles. The Bertz CT molecular complexity index is 397. The monoisotopic (exact) mass is 305 g/mol. The molecule has 118 valence electrons.